The summed E-state index contributed by atoms with van der Waals surface area (Å²) in [5, 5.41) is 12.4. The lowest BCUT2D eigenvalue weighted by atomic mass is 9.82. The number of unbranched alkanes of at least 4 members (excludes halogenated alkanes) is 2. The quantitative estimate of drug-likeness (QED) is 0.0477. The molecule has 2 aliphatic heterocycles. The van der Waals surface area contributed by atoms with Gasteiger partial charge in [-0.1, -0.05) is 57.5 Å². The van der Waals surface area contributed by atoms with Crippen LogP contribution >= 0.6 is 11.8 Å². The number of aromatic nitrogens is 1. The van der Waals surface area contributed by atoms with Crippen LogP contribution in [-0.2, 0) is 35.3 Å². The fraction of sp³-hybridized carbons (Fsp3) is 0.547. The number of likely N-dealkylation sites (tertiary alicyclic amines) is 1. The van der Waals surface area contributed by atoms with E-state index in [0.717, 1.165) is 29.8 Å². The van der Waals surface area contributed by atoms with Crippen LogP contribution in [0.5, 0.6) is 0 Å². The molecule has 2 atom stereocenters. The van der Waals surface area contributed by atoms with Crippen molar-refractivity contribution in [2.45, 2.75) is 98.3 Å². The smallest absolute Gasteiger partial charge is 0.410 e. The number of halogens is 2. The summed E-state index contributed by atoms with van der Waals surface area (Å²) in [5.41, 5.74) is 1.18. The fourth-order valence-electron chi connectivity index (χ4n) is 8.69. The van der Waals surface area contributed by atoms with E-state index >= 15 is 4.39 Å². The number of benzene rings is 2. The number of carbonyl (C=O) groups excluding carboxylic acids is 6. The van der Waals surface area contributed by atoms with E-state index in [0.29, 0.717) is 109 Å². The molecule has 388 valence electrons. The van der Waals surface area contributed by atoms with Crippen LogP contribution in [0.3, 0.4) is 0 Å². The summed E-state index contributed by atoms with van der Waals surface area (Å²) in [6.07, 6.45) is 7.34. The second-order valence-corrected chi connectivity index (χ2v) is 21.4. The molecular formula is C53H74F2N8O7S. The fourth-order valence-corrected chi connectivity index (χ4v) is 9.50. The molecule has 0 bridgehead atoms. The number of imide groups is 1. The normalized spacial score (nSPS) is 15.4. The highest BCUT2D eigenvalue weighted by atomic mass is 32.2. The molecule has 5 rings (SSSR count). The van der Waals surface area contributed by atoms with Crippen LogP contribution in [-0.4, -0.2) is 137 Å². The summed E-state index contributed by atoms with van der Waals surface area (Å²) in [6, 6.07) is 14.6. The Morgan fingerprint density at radius 1 is 0.817 bits per heavy atom. The van der Waals surface area contributed by atoms with Crippen molar-refractivity contribution in [3.63, 3.8) is 0 Å². The van der Waals surface area contributed by atoms with Gasteiger partial charge in [0.05, 0.1) is 11.8 Å². The first-order chi connectivity index (χ1) is 33.8. The Morgan fingerprint density at radius 3 is 2.11 bits per heavy atom. The molecule has 0 spiro atoms. The zero-order chi connectivity index (χ0) is 51.6. The third kappa shape index (κ3) is 18.5. The van der Waals surface area contributed by atoms with Gasteiger partial charge in [0.1, 0.15) is 17.2 Å². The first kappa shape index (κ1) is 56.3. The molecule has 2 aromatic carbocycles. The molecule has 2 aliphatic rings. The van der Waals surface area contributed by atoms with E-state index in [-0.39, 0.29) is 53.2 Å². The number of carbonyl (C=O) groups is 6. The molecule has 1 aromatic heterocycles. The van der Waals surface area contributed by atoms with E-state index < -0.39 is 34.8 Å². The van der Waals surface area contributed by atoms with Gasteiger partial charge in [0.25, 0.3) is 11.8 Å². The Kier molecular flexibility index (Phi) is 21.7. The van der Waals surface area contributed by atoms with Gasteiger partial charge in [-0.2, -0.15) is 11.8 Å². The number of nitrogens with one attached hydrogen (secondary N) is 4. The second kappa shape index (κ2) is 27.3. The standard InChI is InChI=1S/C53H74F2N8O7S/c1-52(2,3)50(44-31-40(42-32-41(54)16-17-43(42)55)36-61(44)33-38-13-9-7-10-14-38)63(35-39-20-29-60(34-39)51(69)70-53(4,5)6)49(68)37-71-30-21-46(65)59-27-25-57-23-22-56-24-26-58-45(64)15-11-8-12-28-62-47(66)18-19-48(62)67/h7,9-10,13-14,16-19,31-32,36,39,50,56-57H,8,11-12,15,20-30,33-35,37H2,1-6H3,(H,58,64)(H,59,65). The summed E-state index contributed by atoms with van der Waals surface area (Å²) in [6.45, 7) is 17.2. The van der Waals surface area contributed by atoms with E-state index in [2.05, 4.69) is 42.0 Å². The van der Waals surface area contributed by atoms with Crippen LogP contribution in [0.2, 0.25) is 0 Å². The Labute approximate surface area is 422 Å². The first-order valence-corrected chi connectivity index (χ1v) is 26.0. The number of thioether (sulfide) groups is 1. The molecule has 4 N–H and O–H groups in total. The number of rotatable bonds is 27. The van der Waals surface area contributed by atoms with Gasteiger partial charge in [0.2, 0.25) is 17.7 Å². The van der Waals surface area contributed by atoms with Gasteiger partial charge in [0.15, 0.2) is 0 Å². The maximum atomic E-state index is 15.4. The number of nitrogens with zero attached hydrogens (tertiary/aromatic N) is 4. The zero-order valence-corrected chi connectivity index (χ0v) is 43.1. The molecule has 0 aliphatic carbocycles. The largest absolute Gasteiger partial charge is 0.444 e. The molecule has 15 nitrogen and oxygen atoms in total. The third-order valence-corrected chi connectivity index (χ3v) is 13.0. The lowest BCUT2D eigenvalue weighted by molar-refractivity contribution is -0.137. The number of ether oxygens (including phenoxy) is 1. The van der Waals surface area contributed by atoms with Crippen molar-refractivity contribution in [2.75, 3.05) is 77.0 Å². The summed E-state index contributed by atoms with van der Waals surface area (Å²) in [4.78, 5) is 80.8. The Hall–Kier alpha value is -5.59. The Balaban J connectivity index is 1.10. The molecule has 18 heteroatoms. The molecule has 3 heterocycles. The van der Waals surface area contributed by atoms with Gasteiger partial charge in [-0.15, -0.1) is 0 Å². The predicted molar refractivity (Wildman–Crippen MR) is 273 cm³/mol. The van der Waals surface area contributed by atoms with Crippen LogP contribution in [0.15, 0.2) is 72.9 Å². The van der Waals surface area contributed by atoms with Crippen LogP contribution in [0.4, 0.5) is 13.6 Å². The molecule has 0 saturated carbocycles. The maximum absolute atomic E-state index is 15.4. The SMILES string of the molecule is CC(C)(C)OC(=O)N1CCC(CN(C(=O)CSCCC(=O)NCCNCCNCCNC(=O)CCCCCN2C(=O)C=CC2=O)C(c2cc(-c3cc(F)ccc3F)cn2Cc2ccccc2)C(C)(C)C)C1. The summed E-state index contributed by atoms with van der Waals surface area (Å²) in [5.74, 6) is -1.50. The minimum Gasteiger partial charge on any atom is -0.444 e. The van der Waals surface area contributed by atoms with Crippen molar-refractivity contribution in [1.29, 1.82) is 0 Å². The second-order valence-electron chi connectivity index (χ2n) is 20.3. The van der Waals surface area contributed by atoms with Crippen molar-refractivity contribution in [3.05, 3.63) is 95.8 Å². The van der Waals surface area contributed by atoms with E-state index in [4.69, 9.17) is 4.74 Å². The molecule has 3 aromatic rings. The summed E-state index contributed by atoms with van der Waals surface area (Å²) < 4.78 is 37.7. The number of amides is 6. The average molecular weight is 1010 g/mol. The average Bonchev–Trinajstić information content (AvgIpc) is 4.04. The molecule has 6 amide bonds. The van der Waals surface area contributed by atoms with Gasteiger partial charge in [0, 0.05) is 126 Å². The third-order valence-electron chi connectivity index (χ3n) is 12.1. The molecule has 1 saturated heterocycles. The summed E-state index contributed by atoms with van der Waals surface area (Å²) >= 11 is 1.38. The minimum atomic E-state index is -0.656. The first-order valence-electron chi connectivity index (χ1n) is 24.8. The highest BCUT2D eigenvalue weighted by Crippen LogP contribution is 2.42. The van der Waals surface area contributed by atoms with Crippen molar-refractivity contribution in [1.82, 2.24) is 40.5 Å². The van der Waals surface area contributed by atoms with Crippen molar-refractivity contribution < 1.29 is 42.3 Å². The molecular weight excluding hydrogens is 931 g/mol. The lowest BCUT2D eigenvalue weighted by Gasteiger charge is -2.42. The van der Waals surface area contributed by atoms with E-state index in [1.807, 2.05) is 72.8 Å². The lowest BCUT2D eigenvalue weighted by Crippen LogP contribution is -2.46. The monoisotopic (exact) mass is 1000 g/mol. The summed E-state index contributed by atoms with van der Waals surface area (Å²) in [7, 11) is 0. The maximum Gasteiger partial charge on any atom is 0.410 e. The van der Waals surface area contributed by atoms with Crippen LogP contribution < -0.4 is 21.3 Å². The molecule has 71 heavy (non-hydrogen) atoms. The highest BCUT2D eigenvalue weighted by Gasteiger charge is 2.40. The van der Waals surface area contributed by atoms with Crippen molar-refractivity contribution >= 4 is 47.4 Å². The topological polar surface area (TPSA) is 174 Å². The molecule has 0 radical (unpaired) electrons. The Morgan fingerprint density at radius 2 is 1.46 bits per heavy atom. The van der Waals surface area contributed by atoms with Gasteiger partial charge in [-0.3, -0.25) is 28.9 Å². The van der Waals surface area contributed by atoms with Crippen LogP contribution in [0.25, 0.3) is 11.1 Å². The molecule has 1 fully saturated rings. The Bertz CT molecular complexity index is 2280. The number of hydrogen-bond donors (Lipinski definition) is 4. The van der Waals surface area contributed by atoms with E-state index in [1.54, 1.807) is 4.90 Å². The molecule has 2 unspecified atom stereocenters. The van der Waals surface area contributed by atoms with E-state index in [1.165, 1.54) is 34.9 Å². The number of hydrogen-bond acceptors (Lipinski definition) is 10. The van der Waals surface area contributed by atoms with Crippen LogP contribution in [0.1, 0.15) is 97.4 Å². The van der Waals surface area contributed by atoms with Crippen molar-refractivity contribution in [3.8, 4) is 11.1 Å². The minimum absolute atomic E-state index is 0.0372. The van der Waals surface area contributed by atoms with Gasteiger partial charge < -0.3 is 40.4 Å². The van der Waals surface area contributed by atoms with Crippen LogP contribution in [0, 0.1) is 23.0 Å². The highest BCUT2D eigenvalue weighted by molar-refractivity contribution is 7.99. The predicted octanol–water partition coefficient (Wildman–Crippen LogP) is 6.67. The van der Waals surface area contributed by atoms with E-state index in [9.17, 15) is 33.2 Å². The van der Waals surface area contributed by atoms with Gasteiger partial charge >= 0.3 is 6.09 Å². The van der Waals surface area contributed by atoms with Crippen molar-refractivity contribution in [2.24, 2.45) is 11.3 Å². The van der Waals surface area contributed by atoms with Gasteiger partial charge in [-0.05, 0) is 81.2 Å². The van der Waals surface area contributed by atoms with Gasteiger partial charge in [-0.25, -0.2) is 13.6 Å². The zero-order valence-electron chi connectivity index (χ0n) is 42.3.